The first-order chi connectivity index (χ1) is 24.6. The summed E-state index contributed by atoms with van der Waals surface area (Å²) in [4.78, 5) is 10.3. The first-order valence-corrected chi connectivity index (χ1v) is 17.4. The van der Waals surface area contributed by atoms with Gasteiger partial charge in [-0.1, -0.05) is 135 Å². The highest BCUT2D eigenvalue weighted by molar-refractivity contribution is 6.35. The Morgan fingerprint density at radius 3 is 1.82 bits per heavy atom. The Balaban J connectivity index is 1.30. The summed E-state index contributed by atoms with van der Waals surface area (Å²) in [7, 11) is 0. The van der Waals surface area contributed by atoms with Crippen LogP contribution in [0.5, 0.6) is 0 Å². The fourth-order valence-electron chi connectivity index (χ4n) is 8.89. The number of nitrogens with zero attached hydrogens (tertiary/aromatic N) is 3. The van der Waals surface area contributed by atoms with Crippen LogP contribution in [-0.4, -0.2) is 14.5 Å². The average molecular weight is 638 g/mol. The molecule has 0 unspecified atom stereocenters. The minimum Gasteiger partial charge on any atom is -0.309 e. The van der Waals surface area contributed by atoms with Gasteiger partial charge in [-0.05, 0) is 73.8 Å². The second-order valence-corrected chi connectivity index (χ2v) is 14.1. The quantitative estimate of drug-likeness (QED) is 0.193. The molecule has 1 aliphatic carbocycles. The van der Waals surface area contributed by atoms with E-state index in [2.05, 4.69) is 152 Å². The second kappa shape index (κ2) is 9.87. The molecule has 0 saturated carbocycles. The van der Waals surface area contributed by atoms with Crippen LogP contribution < -0.4 is 0 Å². The standard InChI is InChI=1S/C47H31N3/c1-47(2)36-21-11-19-33-31-17-9-10-18-32(31)34-20-12-22-39-42(34)44-40(26-24-37(47)43(44)41(33)36)50(39)30-23-25-38-35(27-30)45(28-13-5-3-6-14-28)49-46(48-38)29-15-7-4-8-16-29/h3-27H,1-2H3. The van der Waals surface area contributed by atoms with Crippen molar-refractivity contribution in [2.24, 2.45) is 0 Å². The van der Waals surface area contributed by atoms with Crippen molar-refractivity contribution in [1.82, 2.24) is 14.5 Å². The molecule has 10 aromatic rings. The lowest BCUT2D eigenvalue weighted by molar-refractivity contribution is 0.663. The van der Waals surface area contributed by atoms with Gasteiger partial charge < -0.3 is 4.57 Å². The molecule has 0 amide bonds. The monoisotopic (exact) mass is 637 g/mol. The zero-order chi connectivity index (χ0) is 33.1. The van der Waals surface area contributed by atoms with E-state index in [0.29, 0.717) is 0 Å². The van der Waals surface area contributed by atoms with Crippen molar-refractivity contribution in [1.29, 1.82) is 0 Å². The summed E-state index contributed by atoms with van der Waals surface area (Å²) in [5.74, 6) is 0.732. The third kappa shape index (κ3) is 3.59. The summed E-state index contributed by atoms with van der Waals surface area (Å²) in [6.07, 6.45) is 0. The van der Waals surface area contributed by atoms with E-state index in [9.17, 15) is 0 Å². The molecule has 1 aliphatic rings. The Morgan fingerprint density at radius 1 is 0.440 bits per heavy atom. The summed E-state index contributed by atoms with van der Waals surface area (Å²) in [5, 5.41) is 11.6. The molecule has 0 bridgehead atoms. The summed E-state index contributed by atoms with van der Waals surface area (Å²) >= 11 is 0. The molecular weight excluding hydrogens is 607 g/mol. The van der Waals surface area contributed by atoms with Crippen LogP contribution >= 0.6 is 0 Å². The van der Waals surface area contributed by atoms with Gasteiger partial charge in [-0.2, -0.15) is 0 Å². The van der Waals surface area contributed by atoms with Crippen LogP contribution in [0.1, 0.15) is 25.0 Å². The van der Waals surface area contributed by atoms with Crippen LogP contribution in [0, 0.1) is 0 Å². The van der Waals surface area contributed by atoms with E-state index in [1.54, 1.807) is 0 Å². The van der Waals surface area contributed by atoms with Gasteiger partial charge in [0.25, 0.3) is 0 Å². The molecule has 234 valence electrons. The van der Waals surface area contributed by atoms with Crippen LogP contribution in [0.15, 0.2) is 152 Å². The van der Waals surface area contributed by atoms with Gasteiger partial charge in [0.15, 0.2) is 5.82 Å². The number of hydrogen-bond acceptors (Lipinski definition) is 2. The maximum atomic E-state index is 5.22. The van der Waals surface area contributed by atoms with Gasteiger partial charge in [-0.15, -0.1) is 0 Å². The highest BCUT2D eigenvalue weighted by Gasteiger charge is 2.35. The highest BCUT2D eigenvalue weighted by Crippen LogP contribution is 2.53. The predicted octanol–water partition coefficient (Wildman–Crippen LogP) is 12.2. The van der Waals surface area contributed by atoms with Crippen LogP contribution in [-0.2, 0) is 5.41 Å². The van der Waals surface area contributed by atoms with Crippen molar-refractivity contribution in [3.05, 3.63) is 163 Å². The molecule has 3 nitrogen and oxygen atoms in total. The highest BCUT2D eigenvalue weighted by atomic mass is 15.0. The average Bonchev–Trinajstić information content (AvgIpc) is 3.63. The molecule has 8 aromatic carbocycles. The molecule has 0 fully saturated rings. The van der Waals surface area contributed by atoms with Crippen LogP contribution in [0.2, 0.25) is 0 Å². The van der Waals surface area contributed by atoms with E-state index in [1.807, 2.05) is 18.2 Å². The zero-order valence-corrected chi connectivity index (χ0v) is 27.8. The number of hydrogen-bond donors (Lipinski definition) is 0. The molecule has 0 radical (unpaired) electrons. The number of rotatable bonds is 3. The van der Waals surface area contributed by atoms with Crippen molar-refractivity contribution in [2.45, 2.75) is 19.3 Å². The van der Waals surface area contributed by atoms with E-state index in [-0.39, 0.29) is 5.41 Å². The van der Waals surface area contributed by atoms with Gasteiger partial charge in [0, 0.05) is 38.4 Å². The molecule has 0 saturated heterocycles. The first-order valence-electron chi connectivity index (χ1n) is 17.4. The fraction of sp³-hybridized carbons (Fsp3) is 0.0638. The topological polar surface area (TPSA) is 30.7 Å². The molecule has 0 aliphatic heterocycles. The summed E-state index contributed by atoms with van der Waals surface area (Å²) < 4.78 is 2.47. The Kier molecular flexibility index (Phi) is 5.45. The first kappa shape index (κ1) is 27.6. The summed E-state index contributed by atoms with van der Waals surface area (Å²) in [6.45, 7) is 4.77. The van der Waals surface area contributed by atoms with Crippen molar-refractivity contribution >= 4 is 65.0 Å². The van der Waals surface area contributed by atoms with E-state index >= 15 is 0 Å². The van der Waals surface area contributed by atoms with E-state index in [0.717, 1.165) is 39.2 Å². The molecule has 0 N–H and O–H groups in total. The minimum atomic E-state index is -0.112. The molecule has 0 atom stereocenters. The molecule has 3 heteroatoms. The van der Waals surface area contributed by atoms with Crippen LogP contribution in [0.4, 0.5) is 0 Å². The van der Waals surface area contributed by atoms with Gasteiger partial charge in [-0.25, -0.2) is 9.97 Å². The fourth-order valence-corrected chi connectivity index (χ4v) is 8.89. The Morgan fingerprint density at radius 2 is 1.06 bits per heavy atom. The van der Waals surface area contributed by atoms with Gasteiger partial charge in [0.1, 0.15) is 0 Å². The Hall–Kier alpha value is -6.32. The third-order valence-corrected chi connectivity index (χ3v) is 11.1. The molecule has 2 aromatic heterocycles. The van der Waals surface area contributed by atoms with Crippen molar-refractivity contribution in [3.8, 4) is 28.3 Å². The lowest BCUT2D eigenvalue weighted by Crippen LogP contribution is -2.15. The number of fused-ring (bicyclic) bond motifs is 4. The van der Waals surface area contributed by atoms with Crippen LogP contribution in [0.3, 0.4) is 0 Å². The maximum absolute atomic E-state index is 5.22. The van der Waals surface area contributed by atoms with Crippen molar-refractivity contribution in [2.75, 3.05) is 0 Å². The summed E-state index contributed by atoms with van der Waals surface area (Å²) in [6, 6.07) is 54.9. The largest absolute Gasteiger partial charge is 0.309 e. The SMILES string of the molecule is CC1(C)c2cccc3c4ccccc4c4cccc5c4c4c(c1ccc4n5-c1ccc4nc(-c5ccccc5)nc(-c5ccccc5)c4c1)c23. The molecule has 2 heterocycles. The smallest absolute Gasteiger partial charge is 0.160 e. The van der Waals surface area contributed by atoms with E-state index < -0.39 is 0 Å². The van der Waals surface area contributed by atoms with E-state index in [4.69, 9.17) is 9.97 Å². The van der Waals surface area contributed by atoms with Crippen LogP contribution in [0.25, 0.3) is 93.4 Å². The maximum Gasteiger partial charge on any atom is 0.160 e. The second-order valence-electron chi connectivity index (χ2n) is 14.1. The predicted molar refractivity (Wildman–Crippen MR) is 209 cm³/mol. The van der Waals surface area contributed by atoms with Crippen molar-refractivity contribution in [3.63, 3.8) is 0 Å². The number of aromatic nitrogens is 3. The number of benzene rings is 7. The molecule has 50 heavy (non-hydrogen) atoms. The summed E-state index contributed by atoms with van der Waals surface area (Å²) in [5.41, 5.74) is 10.1. The molecular formula is C47H31N3. The minimum absolute atomic E-state index is 0.112. The molecule has 0 spiro atoms. The van der Waals surface area contributed by atoms with E-state index in [1.165, 1.54) is 65.3 Å². The van der Waals surface area contributed by atoms with Gasteiger partial charge in [-0.3, -0.25) is 0 Å². The van der Waals surface area contributed by atoms with Gasteiger partial charge in [0.05, 0.1) is 22.2 Å². The normalized spacial score (nSPS) is 13.6. The third-order valence-electron chi connectivity index (χ3n) is 11.1. The molecule has 11 rings (SSSR count). The Labute approximate surface area is 289 Å². The zero-order valence-electron chi connectivity index (χ0n) is 27.8. The lowest BCUT2D eigenvalue weighted by atomic mass is 9.81. The Bertz CT molecular complexity index is 3040. The van der Waals surface area contributed by atoms with Gasteiger partial charge >= 0.3 is 0 Å². The van der Waals surface area contributed by atoms with Crippen molar-refractivity contribution < 1.29 is 0 Å². The van der Waals surface area contributed by atoms with Gasteiger partial charge in [0.2, 0.25) is 0 Å². The lowest BCUT2D eigenvalue weighted by Gasteiger charge is -2.22.